The van der Waals surface area contributed by atoms with Crippen LogP contribution in [0.1, 0.15) is 13.7 Å². The summed E-state index contributed by atoms with van der Waals surface area (Å²) in [6.07, 6.45) is 0. The molecule has 11 rings (SSSR count). The van der Waals surface area contributed by atoms with E-state index in [9.17, 15) is 0 Å². The second kappa shape index (κ2) is 13.5. The number of para-hydroxylation sites is 2. The normalized spacial score (nSPS) is 14.0. The van der Waals surface area contributed by atoms with Gasteiger partial charge in [-0.05, 0) is 53.6 Å². The van der Waals surface area contributed by atoms with Crippen molar-refractivity contribution in [1.29, 1.82) is 0 Å². The second-order valence-corrected chi connectivity index (χ2v) is 13.3. The van der Waals surface area contributed by atoms with Gasteiger partial charge in [0.1, 0.15) is 22.3 Å². The minimum atomic E-state index is -0.636. The summed E-state index contributed by atoms with van der Waals surface area (Å²) >= 11 is 0. The fourth-order valence-electron chi connectivity index (χ4n) is 7.32. The number of aromatic nitrogens is 3. The minimum absolute atomic E-state index is 0.0934. The van der Waals surface area contributed by atoms with Gasteiger partial charge in [-0.1, -0.05) is 139 Å². The molecule has 6 heteroatoms. The molecule has 0 aliphatic rings. The first kappa shape index (κ1) is 23.8. The second-order valence-electron chi connectivity index (χ2n) is 13.3. The highest BCUT2D eigenvalue weighted by Gasteiger charge is 2.23. The SMILES string of the molecule is [2H]c1c([2H])c([2H])c(-c2nc(-c3c([2H])c([2H])c([2H])c([2H])c3[2H])nc(-c3cc(N(c4ccc(-c5ccccc5)cc4)c4ccc5c(c4)oc4ccccc45)cc4oc5ccccc5c34)n2)c([2H])c1[2H]. The van der Waals surface area contributed by atoms with Gasteiger partial charge in [0.2, 0.25) is 0 Å². The van der Waals surface area contributed by atoms with E-state index in [0.717, 1.165) is 38.9 Å². The molecule has 0 aliphatic heterocycles. The van der Waals surface area contributed by atoms with Crippen molar-refractivity contribution < 1.29 is 22.5 Å². The predicted octanol–water partition coefficient (Wildman–Crippen LogP) is 13.8. The smallest absolute Gasteiger partial charge is 0.164 e. The lowest BCUT2D eigenvalue weighted by Crippen LogP contribution is -2.10. The Morgan fingerprint density at radius 3 is 1.61 bits per heavy atom. The molecular weight excluding hydrogens is 701 g/mol. The number of hydrogen-bond acceptors (Lipinski definition) is 6. The average molecular weight is 743 g/mol. The Balaban J connectivity index is 1.22. The maximum Gasteiger partial charge on any atom is 0.164 e. The molecule has 0 bridgehead atoms. The lowest BCUT2D eigenvalue weighted by atomic mass is 10.0. The third-order valence-corrected chi connectivity index (χ3v) is 9.90. The molecule has 0 amide bonds. The van der Waals surface area contributed by atoms with Crippen molar-refractivity contribution >= 4 is 60.9 Å². The van der Waals surface area contributed by atoms with E-state index in [2.05, 4.69) is 4.98 Å². The number of rotatable bonds is 7. The zero-order chi connectivity index (χ0) is 46.4. The number of benzene rings is 8. The van der Waals surface area contributed by atoms with E-state index in [1.807, 2.05) is 138 Å². The molecular formula is C51H32N4O2. The highest BCUT2D eigenvalue weighted by atomic mass is 16.3. The fraction of sp³-hybridized carbons (Fsp3) is 0. The van der Waals surface area contributed by atoms with E-state index in [1.54, 1.807) is 0 Å². The van der Waals surface area contributed by atoms with Gasteiger partial charge in [-0.15, -0.1) is 0 Å². The van der Waals surface area contributed by atoms with E-state index in [1.165, 1.54) is 0 Å². The Bertz CT molecular complexity index is 3690. The monoisotopic (exact) mass is 742 g/mol. The molecule has 8 aromatic carbocycles. The Labute approximate surface area is 342 Å². The first-order chi connectivity index (χ1) is 32.4. The van der Waals surface area contributed by atoms with Crippen molar-refractivity contribution in [3.8, 4) is 45.3 Å². The van der Waals surface area contributed by atoms with Crippen LogP contribution in [-0.2, 0) is 0 Å². The van der Waals surface area contributed by atoms with Crippen LogP contribution in [0.15, 0.2) is 203 Å². The highest BCUT2D eigenvalue weighted by Crippen LogP contribution is 2.45. The number of fused-ring (bicyclic) bond motifs is 6. The quantitative estimate of drug-likeness (QED) is 0.162. The van der Waals surface area contributed by atoms with Gasteiger partial charge >= 0.3 is 0 Å². The minimum Gasteiger partial charge on any atom is -0.456 e. The number of furan rings is 2. The maximum atomic E-state index is 8.90. The average Bonchev–Trinajstić information content (AvgIpc) is 3.92. The number of anilines is 3. The van der Waals surface area contributed by atoms with Gasteiger partial charge in [-0.3, -0.25) is 0 Å². The summed E-state index contributed by atoms with van der Waals surface area (Å²) in [7, 11) is 0. The first-order valence-corrected chi connectivity index (χ1v) is 18.1. The van der Waals surface area contributed by atoms with Crippen molar-refractivity contribution in [3.63, 3.8) is 0 Å². The molecule has 0 spiro atoms. The van der Waals surface area contributed by atoms with E-state index in [-0.39, 0.29) is 28.6 Å². The van der Waals surface area contributed by atoms with Crippen LogP contribution in [0, 0.1) is 0 Å². The molecule has 268 valence electrons. The van der Waals surface area contributed by atoms with Crippen LogP contribution in [0.25, 0.3) is 89.2 Å². The van der Waals surface area contributed by atoms with E-state index in [4.69, 9.17) is 32.5 Å². The molecule has 0 saturated carbocycles. The number of hydrogen-bond donors (Lipinski definition) is 0. The van der Waals surface area contributed by atoms with Crippen LogP contribution in [0.3, 0.4) is 0 Å². The van der Waals surface area contributed by atoms with Gasteiger partial charge in [-0.2, -0.15) is 0 Å². The van der Waals surface area contributed by atoms with Gasteiger partial charge in [0, 0.05) is 61.7 Å². The molecule has 0 radical (unpaired) electrons. The molecule has 6 nitrogen and oxygen atoms in total. The zero-order valence-electron chi connectivity index (χ0n) is 39.8. The van der Waals surface area contributed by atoms with Gasteiger partial charge in [0.25, 0.3) is 0 Å². The van der Waals surface area contributed by atoms with Crippen LogP contribution in [0.2, 0.25) is 0 Å². The molecule has 0 fully saturated rings. The lowest BCUT2D eigenvalue weighted by molar-refractivity contribution is 0.669. The largest absolute Gasteiger partial charge is 0.456 e. The van der Waals surface area contributed by atoms with Crippen molar-refractivity contribution in [1.82, 2.24) is 15.0 Å². The topological polar surface area (TPSA) is 68.2 Å². The molecule has 0 saturated heterocycles. The molecule has 3 aromatic heterocycles. The van der Waals surface area contributed by atoms with Gasteiger partial charge in [-0.25, -0.2) is 15.0 Å². The van der Waals surface area contributed by atoms with Crippen molar-refractivity contribution in [2.75, 3.05) is 4.90 Å². The zero-order valence-corrected chi connectivity index (χ0v) is 29.8. The Kier molecular flexibility index (Phi) is 5.64. The van der Waals surface area contributed by atoms with Crippen LogP contribution in [0.4, 0.5) is 17.1 Å². The van der Waals surface area contributed by atoms with E-state index >= 15 is 0 Å². The molecule has 0 atom stereocenters. The molecule has 57 heavy (non-hydrogen) atoms. The lowest BCUT2D eigenvalue weighted by Gasteiger charge is -2.26. The predicted molar refractivity (Wildman–Crippen MR) is 231 cm³/mol. The van der Waals surface area contributed by atoms with Crippen molar-refractivity contribution in [2.45, 2.75) is 0 Å². The van der Waals surface area contributed by atoms with Crippen LogP contribution >= 0.6 is 0 Å². The third kappa shape index (κ3) is 5.79. The van der Waals surface area contributed by atoms with Crippen LogP contribution in [0.5, 0.6) is 0 Å². The van der Waals surface area contributed by atoms with Gasteiger partial charge in [0.05, 0.1) is 19.4 Å². The maximum absolute atomic E-state index is 8.90. The first-order valence-electron chi connectivity index (χ1n) is 23.1. The van der Waals surface area contributed by atoms with Crippen LogP contribution in [-0.4, -0.2) is 15.0 Å². The summed E-state index contributed by atoms with van der Waals surface area (Å²) in [4.78, 5) is 16.2. The number of nitrogens with zero attached hydrogens (tertiary/aromatic N) is 4. The van der Waals surface area contributed by atoms with Crippen LogP contribution < -0.4 is 4.90 Å². The third-order valence-electron chi connectivity index (χ3n) is 9.90. The fourth-order valence-corrected chi connectivity index (χ4v) is 7.32. The summed E-state index contributed by atoms with van der Waals surface area (Å²) in [5.41, 5.74) is 6.02. The van der Waals surface area contributed by atoms with Gasteiger partial charge < -0.3 is 13.7 Å². The Morgan fingerprint density at radius 2 is 0.912 bits per heavy atom. The summed E-state index contributed by atoms with van der Waals surface area (Å²) in [5.74, 6) is -0.846. The summed E-state index contributed by atoms with van der Waals surface area (Å²) in [6, 6.07) is 36.7. The Hall–Kier alpha value is -7.83. The summed E-state index contributed by atoms with van der Waals surface area (Å²) in [5, 5.41) is 3.12. The van der Waals surface area contributed by atoms with Crippen molar-refractivity contribution in [3.05, 3.63) is 194 Å². The Morgan fingerprint density at radius 1 is 0.386 bits per heavy atom. The summed E-state index contributed by atoms with van der Waals surface area (Å²) in [6.45, 7) is 0. The molecule has 0 aliphatic carbocycles. The standard InChI is InChI=1S/C51H32N4O2/c1-4-14-33(15-5-1)34-24-26-37(27-25-34)55(38-28-29-41-40-20-10-12-22-44(40)56-46(41)31-38)39-30-43(48-42-21-11-13-23-45(42)57-47(48)32-39)51-53-49(35-16-6-2-7-17-35)52-50(54-51)36-18-8-3-9-19-36/h1-32H/i2D,3D,6D,7D,8D,9D,16D,17D,18D,19D. The summed E-state index contributed by atoms with van der Waals surface area (Å²) < 4.78 is 99.1. The molecule has 0 unspecified atom stereocenters. The highest BCUT2D eigenvalue weighted by molar-refractivity contribution is 6.13. The van der Waals surface area contributed by atoms with E-state index in [0.29, 0.717) is 38.8 Å². The van der Waals surface area contributed by atoms with Gasteiger partial charge in [0.15, 0.2) is 17.5 Å². The molecule has 11 aromatic rings. The van der Waals surface area contributed by atoms with E-state index < -0.39 is 60.4 Å². The molecule has 3 heterocycles. The molecule has 0 N–H and O–H groups in total. The van der Waals surface area contributed by atoms with Crippen molar-refractivity contribution in [2.24, 2.45) is 0 Å².